The molecule has 1 aliphatic rings. The van der Waals surface area contributed by atoms with Crippen LogP contribution in [0.3, 0.4) is 0 Å². The molecule has 0 radical (unpaired) electrons. The number of ether oxygens (including phenoxy) is 1. The van der Waals surface area contributed by atoms with Crippen molar-refractivity contribution in [3.63, 3.8) is 0 Å². The van der Waals surface area contributed by atoms with Gasteiger partial charge in [0.25, 0.3) is 0 Å². The zero-order chi connectivity index (χ0) is 15.1. The van der Waals surface area contributed by atoms with E-state index in [1.165, 1.54) is 0 Å². The first-order valence-electron chi connectivity index (χ1n) is 7.08. The summed E-state index contributed by atoms with van der Waals surface area (Å²) in [6.45, 7) is 0.716. The van der Waals surface area contributed by atoms with Gasteiger partial charge in [0.2, 0.25) is 0 Å². The molecule has 0 bridgehead atoms. The maximum atomic E-state index is 11.8. The molecule has 1 saturated carbocycles. The van der Waals surface area contributed by atoms with Crippen molar-refractivity contribution >= 4 is 11.7 Å². The average molecular weight is 288 g/mol. The van der Waals surface area contributed by atoms with Crippen molar-refractivity contribution in [3.8, 4) is 18.1 Å². The number of carbonyl (C=O) groups is 1. The Bertz CT molecular complexity index is 507. The summed E-state index contributed by atoms with van der Waals surface area (Å²) in [5.41, 5.74) is 0.674. The topological polar surface area (TPSA) is 70.6 Å². The molecule has 2 atom stereocenters. The lowest BCUT2D eigenvalue weighted by Crippen LogP contribution is -2.35. The van der Waals surface area contributed by atoms with E-state index in [9.17, 15) is 9.90 Å². The second kappa shape index (κ2) is 7.55. The monoisotopic (exact) mass is 288 g/mol. The Kier molecular flexibility index (Phi) is 5.47. The number of benzene rings is 1. The van der Waals surface area contributed by atoms with Crippen molar-refractivity contribution in [1.82, 2.24) is 5.32 Å². The first-order valence-corrected chi connectivity index (χ1v) is 7.08. The highest BCUT2D eigenvalue weighted by atomic mass is 16.5. The summed E-state index contributed by atoms with van der Waals surface area (Å²) in [6, 6.07) is 6.71. The molecular weight excluding hydrogens is 268 g/mol. The van der Waals surface area contributed by atoms with Crippen LogP contribution in [0.2, 0.25) is 0 Å². The molecule has 3 N–H and O–H groups in total. The van der Waals surface area contributed by atoms with Crippen molar-refractivity contribution in [2.24, 2.45) is 5.92 Å². The van der Waals surface area contributed by atoms with Crippen LogP contribution in [0.5, 0.6) is 5.75 Å². The molecule has 21 heavy (non-hydrogen) atoms. The number of rotatable bonds is 5. The molecule has 0 unspecified atom stereocenters. The minimum absolute atomic E-state index is 0.162. The van der Waals surface area contributed by atoms with Crippen LogP contribution in [0.15, 0.2) is 24.3 Å². The van der Waals surface area contributed by atoms with E-state index in [2.05, 4.69) is 16.6 Å². The minimum Gasteiger partial charge on any atom is -0.481 e. The fourth-order valence-electron chi connectivity index (χ4n) is 2.41. The molecule has 1 fully saturated rings. The molecule has 2 rings (SSSR count). The predicted molar refractivity (Wildman–Crippen MR) is 81.1 cm³/mol. The van der Waals surface area contributed by atoms with Crippen molar-refractivity contribution in [2.45, 2.75) is 25.4 Å². The van der Waals surface area contributed by atoms with E-state index in [1.807, 2.05) is 0 Å². The summed E-state index contributed by atoms with van der Waals surface area (Å²) in [7, 11) is 0. The number of urea groups is 1. The Morgan fingerprint density at radius 1 is 1.38 bits per heavy atom. The van der Waals surface area contributed by atoms with E-state index in [4.69, 9.17) is 11.2 Å². The SMILES string of the molecule is C#CCOc1ccc(NC(=O)NC[C@@H]2CCC[C@@H]2O)cc1. The highest BCUT2D eigenvalue weighted by Crippen LogP contribution is 2.24. The summed E-state index contributed by atoms with van der Waals surface area (Å²) in [5.74, 6) is 3.21. The van der Waals surface area contributed by atoms with E-state index in [0.717, 1.165) is 19.3 Å². The van der Waals surface area contributed by atoms with Gasteiger partial charge in [-0.05, 0) is 37.1 Å². The summed E-state index contributed by atoms with van der Waals surface area (Å²) in [6.07, 6.45) is 7.62. The van der Waals surface area contributed by atoms with Gasteiger partial charge in [-0.25, -0.2) is 4.79 Å². The molecule has 0 spiro atoms. The third kappa shape index (κ3) is 4.69. The maximum Gasteiger partial charge on any atom is 0.319 e. The quantitative estimate of drug-likeness (QED) is 0.726. The molecule has 0 aromatic heterocycles. The Labute approximate surface area is 124 Å². The van der Waals surface area contributed by atoms with Gasteiger partial charge in [-0.2, -0.15) is 0 Å². The molecule has 5 nitrogen and oxygen atoms in total. The van der Waals surface area contributed by atoms with Crippen LogP contribution in [0.1, 0.15) is 19.3 Å². The van der Waals surface area contributed by atoms with Gasteiger partial charge in [0.15, 0.2) is 0 Å². The smallest absolute Gasteiger partial charge is 0.319 e. The normalized spacial score (nSPS) is 20.6. The van der Waals surface area contributed by atoms with E-state index in [0.29, 0.717) is 18.0 Å². The number of carbonyl (C=O) groups excluding carboxylic acids is 1. The molecule has 112 valence electrons. The number of aliphatic hydroxyl groups is 1. The van der Waals surface area contributed by atoms with Crippen molar-refractivity contribution in [3.05, 3.63) is 24.3 Å². The fraction of sp³-hybridized carbons (Fsp3) is 0.438. The maximum absolute atomic E-state index is 11.8. The van der Waals surface area contributed by atoms with Crippen LogP contribution in [-0.2, 0) is 0 Å². The van der Waals surface area contributed by atoms with Gasteiger partial charge >= 0.3 is 6.03 Å². The van der Waals surface area contributed by atoms with Gasteiger partial charge in [0.1, 0.15) is 12.4 Å². The second-order valence-electron chi connectivity index (χ2n) is 5.11. The van der Waals surface area contributed by atoms with Crippen LogP contribution in [0.25, 0.3) is 0 Å². The van der Waals surface area contributed by atoms with Crippen LogP contribution in [0.4, 0.5) is 10.5 Å². The van der Waals surface area contributed by atoms with Crippen molar-refractivity contribution in [1.29, 1.82) is 0 Å². The summed E-state index contributed by atoms with van der Waals surface area (Å²) >= 11 is 0. The Morgan fingerprint density at radius 3 is 2.76 bits per heavy atom. The van der Waals surface area contributed by atoms with Crippen LogP contribution >= 0.6 is 0 Å². The molecule has 5 heteroatoms. The highest BCUT2D eigenvalue weighted by Gasteiger charge is 2.25. The summed E-state index contributed by atoms with van der Waals surface area (Å²) < 4.78 is 5.25. The Balaban J connectivity index is 1.75. The van der Waals surface area contributed by atoms with Crippen LogP contribution in [0, 0.1) is 18.3 Å². The number of hydrogen-bond acceptors (Lipinski definition) is 3. The molecule has 1 aromatic rings. The molecule has 2 amide bonds. The first kappa shape index (κ1) is 15.2. The third-order valence-electron chi connectivity index (χ3n) is 3.58. The largest absolute Gasteiger partial charge is 0.481 e. The highest BCUT2D eigenvalue weighted by molar-refractivity contribution is 5.89. The molecule has 0 saturated heterocycles. The zero-order valence-corrected chi connectivity index (χ0v) is 11.8. The van der Waals surface area contributed by atoms with E-state index < -0.39 is 0 Å². The van der Waals surface area contributed by atoms with Crippen LogP contribution in [-0.4, -0.2) is 30.4 Å². The van der Waals surface area contributed by atoms with Gasteiger partial charge < -0.3 is 20.5 Å². The Hall–Kier alpha value is -2.19. The van der Waals surface area contributed by atoms with Crippen molar-refractivity contribution < 1.29 is 14.6 Å². The number of aliphatic hydroxyl groups excluding tert-OH is 1. The number of hydrogen-bond donors (Lipinski definition) is 3. The summed E-state index contributed by atoms with van der Waals surface area (Å²) in [5, 5.41) is 15.2. The van der Waals surface area contributed by atoms with Gasteiger partial charge in [-0.1, -0.05) is 12.3 Å². The molecule has 0 aliphatic heterocycles. The van der Waals surface area contributed by atoms with Gasteiger partial charge in [-0.3, -0.25) is 0 Å². The lowest BCUT2D eigenvalue weighted by molar-refractivity contribution is 0.133. The fourth-order valence-corrected chi connectivity index (χ4v) is 2.41. The van der Waals surface area contributed by atoms with Gasteiger partial charge in [0, 0.05) is 18.2 Å². The predicted octanol–water partition coefficient (Wildman–Crippen LogP) is 1.98. The second-order valence-corrected chi connectivity index (χ2v) is 5.11. The van der Waals surface area contributed by atoms with Gasteiger partial charge in [0.05, 0.1) is 6.10 Å². The lowest BCUT2D eigenvalue weighted by Gasteiger charge is -2.15. The number of anilines is 1. The molecular formula is C16H20N2O3. The van der Waals surface area contributed by atoms with Crippen molar-refractivity contribution in [2.75, 3.05) is 18.5 Å². The molecule has 1 aliphatic carbocycles. The number of amides is 2. The summed E-state index contributed by atoms with van der Waals surface area (Å²) in [4.78, 5) is 11.8. The third-order valence-corrected chi connectivity index (χ3v) is 3.58. The van der Waals surface area contributed by atoms with E-state index in [1.54, 1.807) is 24.3 Å². The van der Waals surface area contributed by atoms with Crippen LogP contribution < -0.4 is 15.4 Å². The first-order chi connectivity index (χ1) is 10.2. The number of terminal acetylenes is 1. The molecule has 1 aromatic carbocycles. The standard InChI is InChI=1S/C16H20N2O3/c1-2-10-21-14-8-6-13(7-9-14)18-16(20)17-11-12-4-3-5-15(12)19/h1,6-9,12,15,19H,3-5,10-11H2,(H2,17,18,20)/t12-,15-/m0/s1. The van der Waals surface area contributed by atoms with E-state index in [-0.39, 0.29) is 24.7 Å². The van der Waals surface area contributed by atoms with Gasteiger partial charge in [-0.15, -0.1) is 6.42 Å². The average Bonchev–Trinajstić information content (AvgIpc) is 2.90. The molecule has 0 heterocycles. The Morgan fingerprint density at radius 2 is 2.14 bits per heavy atom. The lowest BCUT2D eigenvalue weighted by atomic mass is 10.1. The number of nitrogens with one attached hydrogen (secondary N) is 2. The van der Waals surface area contributed by atoms with E-state index >= 15 is 0 Å². The zero-order valence-electron chi connectivity index (χ0n) is 11.8. The minimum atomic E-state index is -0.294.